The van der Waals surface area contributed by atoms with Crippen molar-refractivity contribution in [3.63, 3.8) is 0 Å². The number of amides is 1. The minimum absolute atomic E-state index is 0.130. The number of furan rings is 1. The molecule has 3 aromatic rings. The van der Waals surface area contributed by atoms with Crippen molar-refractivity contribution >= 4 is 17.7 Å². The Balaban J connectivity index is 1.39. The van der Waals surface area contributed by atoms with E-state index in [9.17, 15) is 4.79 Å². The summed E-state index contributed by atoms with van der Waals surface area (Å²) in [6, 6.07) is 8.80. The van der Waals surface area contributed by atoms with Crippen LogP contribution in [0.25, 0.3) is 11.5 Å². The van der Waals surface area contributed by atoms with E-state index in [1.54, 1.807) is 42.1 Å². The van der Waals surface area contributed by atoms with Gasteiger partial charge in [0.2, 0.25) is 6.79 Å². The van der Waals surface area contributed by atoms with Crippen LogP contribution >= 0.6 is 11.8 Å². The summed E-state index contributed by atoms with van der Waals surface area (Å²) in [4.78, 5) is 16.4. The van der Waals surface area contributed by atoms with E-state index in [-0.39, 0.29) is 25.0 Å². The van der Waals surface area contributed by atoms with Crippen LogP contribution in [-0.2, 0) is 12.3 Å². The van der Waals surface area contributed by atoms with Gasteiger partial charge in [0.05, 0.1) is 12.3 Å². The molecule has 0 saturated heterocycles. The lowest BCUT2D eigenvalue weighted by Gasteiger charge is -1.99. The highest BCUT2D eigenvalue weighted by Gasteiger charge is 2.17. The predicted octanol–water partition coefficient (Wildman–Crippen LogP) is 2.85. The van der Waals surface area contributed by atoms with E-state index >= 15 is 0 Å². The predicted molar refractivity (Wildman–Crippen MR) is 93.0 cm³/mol. The molecule has 1 aliphatic rings. The molecule has 3 heterocycles. The van der Waals surface area contributed by atoms with Gasteiger partial charge in [-0.2, -0.15) is 16.7 Å². The Kier molecular flexibility index (Phi) is 4.53. The molecule has 26 heavy (non-hydrogen) atoms. The van der Waals surface area contributed by atoms with Crippen LogP contribution in [0.5, 0.6) is 11.5 Å². The van der Waals surface area contributed by atoms with Crippen LogP contribution in [0.15, 0.2) is 39.3 Å². The number of hydrogen-bond donors (Lipinski definition) is 1. The van der Waals surface area contributed by atoms with Crippen molar-refractivity contribution in [3.05, 3.63) is 47.7 Å². The van der Waals surface area contributed by atoms with Crippen LogP contribution in [0, 0.1) is 0 Å². The van der Waals surface area contributed by atoms with E-state index < -0.39 is 0 Å². The highest BCUT2D eigenvalue weighted by atomic mass is 32.2. The first-order chi connectivity index (χ1) is 12.7. The number of rotatable bonds is 6. The molecule has 4 rings (SSSR count). The molecule has 1 N–H and O–H groups in total. The minimum Gasteiger partial charge on any atom is -0.455 e. The number of carbonyl (C=O) groups is 1. The topological polar surface area (TPSA) is 99.6 Å². The molecule has 0 atom stereocenters. The number of hydrogen-bond acceptors (Lipinski definition) is 8. The summed E-state index contributed by atoms with van der Waals surface area (Å²) >= 11 is 1.62. The molecule has 0 aliphatic carbocycles. The van der Waals surface area contributed by atoms with Gasteiger partial charge >= 0.3 is 0 Å². The lowest BCUT2D eigenvalue weighted by Crippen LogP contribution is -2.22. The fourth-order valence-electron chi connectivity index (χ4n) is 2.44. The lowest BCUT2D eigenvalue weighted by molar-refractivity contribution is 0.0920. The summed E-state index contributed by atoms with van der Waals surface area (Å²) in [6.45, 7) is 0.330. The van der Waals surface area contributed by atoms with Crippen LogP contribution < -0.4 is 14.8 Å². The zero-order chi connectivity index (χ0) is 17.9. The molecular formula is C17H15N3O5S. The van der Waals surface area contributed by atoms with Gasteiger partial charge in [-0.3, -0.25) is 4.79 Å². The van der Waals surface area contributed by atoms with Gasteiger partial charge in [0.1, 0.15) is 5.76 Å². The van der Waals surface area contributed by atoms with Gasteiger partial charge in [-0.25, -0.2) is 0 Å². The second-order valence-corrected chi connectivity index (χ2v) is 6.33. The Bertz CT molecular complexity index is 936. The highest BCUT2D eigenvalue weighted by Crippen LogP contribution is 2.35. The molecule has 0 unspecified atom stereocenters. The Labute approximate surface area is 152 Å². The maximum Gasteiger partial charge on any atom is 0.287 e. The van der Waals surface area contributed by atoms with Crippen molar-refractivity contribution in [1.82, 2.24) is 15.5 Å². The van der Waals surface area contributed by atoms with Crippen molar-refractivity contribution < 1.29 is 23.2 Å². The van der Waals surface area contributed by atoms with Gasteiger partial charge in [0.15, 0.2) is 23.1 Å². The molecule has 0 radical (unpaired) electrons. The Morgan fingerprint density at radius 2 is 2.12 bits per heavy atom. The monoisotopic (exact) mass is 373 g/mol. The summed E-state index contributed by atoms with van der Waals surface area (Å²) in [5.41, 5.74) is 0.715. The third-order valence-electron chi connectivity index (χ3n) is 3.67. The molecular weight excluding hydrogens is 358 g/mol. The van der Waals surface area contributed by atoms with E-state index in [1.165, 1.54) is 0 Å². The fourth-order valence-corrected chi connectivity index (χ4v) is 2.88. The minimum atomic E-state index is -0.327. The van der Waals surface area contributed by atoms with Crippen molar-refractivity contribution in [1.29, 1.82) is 0 Å². The van der Waals surface area contributed by atoms with Gasteiger partial charge in [-0.1, -0.05) is 5.16 Å². The number of benzene rings is 1. The number of ether oxygens (including phenoxy) is 2. The molecule has 0 bridgehead atoms. The zero-order valence-electron chi connectivity index (χ0n) is 13.9. The molecule has 1 amide bonds. The molecule has 2 aromatic heterocycles. The first kappa shape index (κ1) is 16.5. The molecule has 0 spiro atoms. The Morgan fingerprint density at radius 3 is 3.00 bits per heavy atom. The van der Waals surface area contributed by atoms with Crippen molar-refractivity contribution in [2.24, 2.45) is 0 Å². The zero-order valence-corrected chi connectivity index (χ0v) is 14.7. The molecule has 0 saturated carbocycles. The molecule has 134 valence electrons. The number of nitrogens with one attached hydrogen (secondary N) is 1. The van der Waals surface area contributed by atoms with E-state index in [4.69, 9.17) is 18.4 Å². The number of aromatic nitrogens is 2. The van der Waals surface area contributed by atoms with Crippen LogP contribution in [0.1, 0.15) is 22.1 Å². The average molecular weight is 373 g/mol. The summed E-state index contributed by atoms with van der Waals surface area (Å²) in [6.07, 6.45) is 1.97. The third-order valence-corrected chi connectivity index (χ3v) is 4.24. The number of carbonyl (C=O) groups excluding carboxylic acids is 1. The Morgan fingerprint density at radius 1 is 1.23 bits per heavy atom. The van der Waals surface area contributed by atoms with Gasteiger partial charge in [-0.05, 0) is 36.6 Å². The third kappa shape index (κ3) is 3.38. The van der Waals surface area contributed by atoms with Gasteiger partial charge in [0, 0.05) is 5.56 Å². The largest absolute Gasteiger partial charge is 0.455 e. The Hall–Kier alpha value is -2.94. The van der Waals surface area contributed by atoms with Gasteiger partial charge < -0.3 is 23.7 Å². The first-order valence-corrected chi connectivity index (χ1v) is 9.21. The van der Waals surface area contributed by atoms with Crippen LogP contribution in [0.4, 0.5) is 0 Å². The normalized spacial score (nSPS) is 12.3. The van der Waals surface area contributed by atoms with E-state index in [2.05, 4.69) is 15.5 Å². The van der Waals surface area contributed by atoms with Crippen molar-refractivity contribution in [3.8, 4) is 23.0 Å². The standard InChI is InChI=1S/C17H15N3O5S/c1-26-8-11-3-5-13(24-11)16(21)18-7-15-19-17(25-20-15)10-2-4-12-14(6-10)23-9-22-12/h2-6H,7-9H2,1H3,(H,18,21). The van der Waals surface area contributed by atoms with Crippen LogP contribution in [0.3, 0.4) is 0 Å². The number of thioether (sulfide) groups is 1. The van der Waals surface area contributed by atoms with E-state index in [1.807, 2.05) is 6.26 Å². The highest BCUT2D eigenvalue weighted by molar-refractivity contribution is 7.97. The number of nitrogens with zero attached hydrogens (tertiary/aromatic N) is 2. The van der Waals surface area contributed by atoms with Crippen molar-refractivity contribution in [2.75, 3.05) is 13.0 Å². The maximum atomic E-state index is 12.1. The second-order valence-electron chi connectivity index (χ2n) is 5.47. The van der Waals surface area contributed by atoms with E-state index in [0.29, 0.717) is 28.8 Å². The van der Waals surface area contributed by atoms with Gasteiger partial charge in [-0.15, -0.1) is 0 Å². The van der Waals surface area contributed by atoms with Crippen LogP contribution in [0.2, 0.25) is 0 Å². The smallest absolute Gasteiger partial charge is 0.287 e. The molecule has 1 aliphatic heterocycles. The first-order valence-electron chi connectivity index (χ1n) is 7.81. The molecule has 8 nitrogen and oxygen atoms in total. The summed E-state index contributed by atoms with van der Waals surface area (Å²) in [5.74, 6) is 3.42. The SMILES string of the molecule is CSCc1ccc(C(=O)NCc2noc(-c3ccc4c(c3)OCO4)n2)o1. The molecule has 1 aromatic carbocycles. The van der Waals surface area contributed by atoms with Crippen molar-refractivity contribution in [2.45, 2.75) is 12.3 Å². The number of fused-ring (bicyclic) bond motifs is 1. The fraction of sp³-hybridized carbons (Fsp3) is 0.235. The quantitative estimate of drug-likeness (QED) is 0.704. The van der Waals surface area contributed by atoms with Gasteiger partial charge in [0.25, 0.3) is 11.8 Å². The lowest BCUT2D eigenvalue weighted by atomic mass is 10.2. The molecule has 9 heteroatoms. The maximum absolute atomic E-state index is 12.1. The summed E-state index contributed by atoms with van der Waals surface area (Å²) < 4.78 is 21.3. The summed E-state index contributed by atoms with van der Waals surface area (Å²) in [7, 11) is 0. The average Bonchev–Trinajstić information content (AvgIpc) is 3.39. The summed E-state index contributed by atoms with van der Waals surface area (Å²) in [5, 5.41) is 6.59. The molecule has 0 fully saturated rings. The second kappa shape index (κ2) is 7.12. The van der Waals surface area contributed by atoms with E-state index in [0.717, 1.165) is 11.5 Å². The van der Waals surface area contributed by atoms with Crippen LogP contribution in [-0.4, -0.2) is 29.1 Å².